The number of nitrogens with zero attached hydrogens (tertiary/aromatic N) is 2. The van der Waals surface area contributed by atoms with Crippen LogP contribution >= 0.6 is 0 Å². The lowest BCUT2D eigenvalue weighted by Crippen LogP contribution is -2.35. The van der Waals surface area contributed by atoms with Gasteiger partial charge < -0.3 is 9.73 Å². The van der Waals surface area contributed by atoms with Gasteiger partial charge in [0.25, 0.3) is 0 Å². The summed E-state index contributed by atoms with van der Waals surface area (Å²) in [6.45, 7) is 8.19. The Balaban J connectivity index is 1.70. The maximum absolute atomic E-state index is 11.2. The molecule has 1 aliphatic rings. The van der Waals surface area contributed by atoms with Crippen molar-refractivity contribution in [3.8, 4) is 11.5 Å². The van der Waals surface area contributed by atoms with Crippen LogP contribution < -0.4 is 5.32 Å². The lowest BCUT2D eigenvalue weighted by atomic mass is 10.1. The van der Waals surface area contributed by atoms with E-state index in [1.807, 2.05) is 25.1 Å². The van der Waals surface area contributed by atoms with Gasteiger partial charge in [-0.3, -0.25) is 9.69 Å². The van der Waals surface area contributed by atoms with E-state index in [1.165, 1.54) is 0 Å². The van der Waals surface area contributed by atoms with Crippen molar-refractivity contribution < 1.29 is 9.21 Å². The van der Waals surface area contributed by atoms with Gasteiger partial charge in [0.2, 0.25) is 11.8 Å². The highest BCUT2D eigenvalue weighted by atomic mass is 16.4. The van der Waals surface area contributed by atoms with Crippen LogP contribution in [0.3, 0.4) is 0 Å². The molecule has 1 aromatic heterocycles. The van der Waals surface area contributed by atoms with E-state index in [0.717, 1.165) is 48.6 Å². The summed E-state index contributed by atoms with van der Waals surface area (Å²) in [7, 11) is 0. The average molecular weight is 313 g/mol. The van der Waals surface area contributed by atoms with E-state index < -0.39 is 0 Å². The molecule has 5 heteroatoms. The van der Waals surface area contributed by atoms with Gasteiger partial charge in [0.05, 0.1) is 5.69 Å². The molecule has 1 fully saturated rings. The van der Waals surface area contributed by atoms with E-state index >= 15 is 0 Å². The van der Waals surface area contributed by atoms with E-state index in [0.29, 0.717) is 5.89 Å². The van der Waals surface area contributed by atoms with Crippen LogP contribution in [-0.2, 0) is 11.3 Å². The number of aryl methyl sites for hydroxylation is 2. The first-order valence-electron chi connectivity index (χ1n) is 8.04. The molecule has 5 nitrogen and oxygen atoms in total. The molecular weight excluding hydrogens is 290 g/mol. The molecule has 3 rings (SSSR count). The number of benzene rings is 1. The van der Waals surface area contributed by atoms with Crippen molar-refractivity contribution in [2.45, 2.75) is 39.8 Å². The molecule has 1 N–H and O–H groups in total. The summed E-state index contributed by atoms with van der Waals surface area (Å²) < 4.78 is 5.88. The topological polar surface area (TPSA) is 58.4 Å². The maximum Gasteiger partial charge on any atom is 0.226 e. The summed E-state index contributed by atoms with van der Waals surface area (Å²) in [6, 6.07) is 8.36. The summed E-state index contributed by atoms with van der Waals surface area (Å²) in [4.78, 5) is 18.2. The molecule has 2 heterocycles. The summed E-state index contributed by atoms with van der Waals surface area (Å²) in [5.74, 6) is 1.59. The standard InChI is InChI=1S/C18H23N3O2/c1-12-6-4-5-7-16(12)18-20-17(13(2)23-18)11-21-9-8-15(10-21)19-14(3)22/h4-7,15H,8-11H2,1-3H3,(H,19,22). The molecule has 0 spiro atoms. The minimum absolute atomic E-state index is 0.0382. The number of hydrogen-bond acceptors (Lipinski definition) is 4. The first-order valence-corrected chi connectivity index (χ1v) is 8.04. The van der Waals surface area contributed by atoms with Gasteiger partial charge in [-0.15, -0.1) is 0 Å². The van der Waals surface area contributed by atoms with Crippen LogP contribution in [0.1, 0.15) is 30.4 Å². The fourth-order valence-corrected chi connectivity index (χ4v) is 3.10. The first-order chi connectivity index (χ1) is 11.0. The number of rotatable bonds is 4. The smallest absolute Gasteiger partial charge is 0.226 e. The van der Waals surface area contributed by atoms with Crippen molar-refractivity contribution in [2.75, 3.05) is 13.1 Å². The van der Waals surface area contributed by atoms with Gasteiger partial charge in [0.1, 0.15) is 5.76 Å². The molecule has 1 saturated heterocycles. The number of amides is 1. The molecule has 23 heavy (non-hydrogen) atoms. The van der Waals surface area contributed by atoms with Crippen molar-refractivity contribution in [2.24, 2.45) is 0 Å². The predicted molar refractivity (Wildman–Crippen MR) is 88.9 cm³/mol. The Morgan fingerprint density at radius 2 is 2.17 bits per heavy atom. The van der Waals surface area contributed by atoms with Gasteiger partial charge in [0.15, 0.2) is 0 Å². The first kappa shape index (κ1) is 15.7. The van der Waals surface area contributed by atoms with Gasteiger partial charge in [-0.1, -0.05) is 18.2 Å². The Kier molecular flexibility index (Phi) is 4.48. The Labute approximate surface area is 136 Å². The van der Waals surface area contributed by atoms with Crippen LogP contribution in [0.5, 0.6) is 0 Å². The summed E-state index contributed by atoms with van der Waals surface area (Å²) in [6.07, 6.45) is 0.987. The number of oxazole rings is 1. The highest BCUT2D eigenvalue weighted by molar-refractivity contribution is 5.73. The second-order valence-corrected chi connectivity index (χ2v) is 6.26. The van der Waals surface area contributed by atoms with Gasteiger partial charge >= 0.3 is 0 Å². The summed E-state index contributed by atoms with van der Waals surface area (Å²) >= 11 is 0. The second kappa shape index (κ2) is 6.54. The number of aromatic nitrogens is 1. The molecule has 0 bridgehead atoms. The number of hydrogen-bond donors (Lipinski definition) is 1. The van der Waals surface area contributed by atoms with Crippen LogP contribution in [0.25, 0.3) is 11.5 Å². The minimum Gasteiger partial charge on any atom is -0.441 e. The molecule has 1 aromatic carbocycles. The molecule has 122 valence electrons. The quantitative estimate of drug-likeness (QED) is 0.943. The number of likely N-dealkylation sites (tertiary alicyclic amines) is 1. The minimum atomic E-state index is 0.0382. The molecule has 2 aromatic rings. The van der Waals surface area contributed by atoms with Crippen molar-refractivity contribution >= 4 is 5.91 Å². The van der Waals surface area contributed by atoms with Gasteiger partial charge in [-0.2, -0.15) is 0 Å². The van der Waals surface area contributed by atoms with E-state index in [-0.39, 0.29) is 11.9 Å². The van der Waals surface area contributed by atoms with Crippen molar-refractivity contribution in [3.63, 3.8) is 0 Å². The summed E-state index contributed by atoms with van der Waals surface area (Å²) in [5.41, 5.74) is 3.18. The zero-order valence-electron chi connectivity index (χ0n) is 13.9. The molecule has 0 aliphatic carbocycles. The molecule has 0 saturated carbocycles. The molecule has 0 radical (unpaired) electrons. The van der Waals surface area contributed by atoms with Crippen LogP contribution in [0.15, 0.2) is 28.7 Å². The highest BCUT2D eigenvalue weighted by Gasteiger charge is 2.24. The third kappa shape index (κ3) is 3.62. The molecular formula is C18H23N3O2. The van der Waals surface area contributed by atoms with Crippen LogP contribution in [0, 0.1) is 13.8 Å². The molecule has 1 amide bonds. The van der Waals surface area contributed by atoms with E-state index in [2.05, 4.69) is 23.2 Å². The Morgan fingerprint density at radius 3 is 2.91 bits per heavy atom. The third-order valence-electron chi connectivity index (χ3n) is 4.32. The van der Waals surface area contributed by atoms with E-state index in [4.69, 9.17) is 9.40 Å². The molecule has 1 aliphatic heterocycles. The van der Waals surface area contributed by atoms with Gasteiger partial charge in [-0.25, -0.2) is 4.98 Å². The highest BCUT2D eigenvalue weighted by Crippen LogP contribution is 2.25. The maximum atomic E-state index is 11.2. The lowest BCUT2D eigenvalue weighted by Gasteiger charge is -2.15. The lowest BCUT2D eigenvalue weighted by molar-refractivity contribution is -0.119. The largest absolute Gasteiger partial charge is 0.441 e. The normalized spacial score (nSPS) is 18.3. The SMILES string of the molecule is CC(=O)NC1CCN(Cc2nc(-c3ccccc3C)oc2C)C1. The molecule has 1 unspecified atom stereocenters. The van der Waals surface area contributed by atoms with E-state index in [9.17, 15) is 4.79 Å². The Hall–Kier alpha value is -2.14. The zero-order chi connectivity index (χ0) is 16.4. The fraction of sp³-hybridized carbons (Fsp3) is 0.444. The third-order valence-corrected chi connectivity index (χ3v) is 4.32. The predicted octanol–water partition coefficient (Wildman–Crippen LogP) is 2.67. The number of carbonyl (C=O) groups excluding carboxylic acids is 1. The Bertz CT molecular complexity index is 708. The molecule has 1 atom stereocenters. The van der Waals surface area contributed by atoms with Crippen LogP contribution in [0.2, 0.25) is 0 Å². The van der Waals surface area contributed by atoms with Gasteiger partial charge in [-0.05, 0) is 31.9 Å². The Morgan fingerprint density at radius 1 is 1.39 bits per heavy atom. The number of nitrogens with one attached hydrogen (secondary N) is 1. The van der Waals surface area contributed by atoms with Crippen molar-refractivity contribution in [1.82, 2.24) is 15.2 Å². The fourth-order valence-electron chi connectivity index (χ4n) is 3.10. The van der Waals surface area contributed by atoms with Crippen LogP contribution in [0.4, 0.5) is 0 Å². The monoisotopic (exact) mass is 313 g/mol. The zero-order valence-corrected chi connectivity index (χ0v) is 13.9. The van der Waals surface area contributed by atoms with Crippen molar-refractivity contribution in [3.05, 3.63) is 41.3 Å². The van der Waals surface area contributed by atoms with Gasteiger partial charge in [0, 0.05) is 38.2 Å². The number of carbonyl (C=O) groups is 1. The summed E-state index contributed by atoms with van der Waals surface area (Å²) in [5, 5.41) is 2.99. The van der Waals surface area contributed by atoms with Crippen LogP contribution in [-0.4, -0.2) is 34.9 Å². The van der Waals surface area contributed by atoms with E-state index in [1.54, 1.807) is 6.92 Å². The average Bonchev–Trinajstić information content (AvgIpc) is 3.07. The second-order valence-electron chi connectivity index (χ2n) is 6.26. The van der Waals surface area contributed by atoms with Crippen molar-refractivity contribution in [1.29, 1.82) is 0 Å².